The first-order chi connectivity index (χ1) is 14.8. The van der Waals surface area contributed by atoms with Gasteiger partial charge in [-0.2, -0.15) is 5.10 Å². The van der Waals surface area contributed by atoms with Gasteiger partial charge in [-0.3, -0.25) is 24.3 Å². The van der Waals surface area contributed by atoms with Crippen LogP contribution >= 0.6 is 0 Å². The number of nitro groups is 1. The summed E-state index contributed by atoms with van der Waals surface area (Å²) >= 11 is 0. The van der Waals surface area contributed by atoms with Gasteiger partial charge in [-0.15, -0.1) is 0 Å². The Morgan fingerprint density at radius 3 is 2.71 bits per heavy atom. The molecule has 0 saturated carbocycles. The molecule has 4 aromatic rings. The number of carbonyl (C=O) groups excluding carboxylic acids is 1. The summed E-state index contributed by atoms with van der Waals surface area (Å²) in [6.07, 6.45) is 2.71. The lowest BCUT2D eigenvalue weighted by Crippen LogP contribution is -2.27. The lowest BCUT2D eigenvalue weighted by Gasteiger charge is -2.08. The highest BCUT2D eigenvalue weighted by Crippen LogP contribution is 2.18. The number of fused-ring (bicyclic) bond motifs is 1. The molecule has 0 unspecified atom stereocenters. The molecule has 2 heterocycles. The van der Waals surface area contributed by atoms with E-state index in [9.17, 15) is 19.7 Å². The topological polar surface area (TPSA) is 125 Å². The zero-order valence-corrected chi connectivity index (χ0v) is 16.8. The molecule has 2 aromatic carbocycles. The molecule has 2 aromatic heterocycles. The summed E-state index contributed by atoms with van der Waals surface area (Å²) in [5, 5.41) is 18.0. The third-order valence-corrected chi connectivity index (χ3v) is 4.94. The van der Waals surface area contributed by atoms with E-state index < -0.39 is 16.4 Å². The number of aromatic nitrogens is 4. The van der Waals surface area contributed by atoms with Crippen molar-refractivity contribution in [1.82, 2.24) is 19.3 Å². The maximum atomic E-state index is 12.8. The van der Waals surface area contributed by atoms with Crippen LogP contribution in [0.3, 0.4) is 0 Å². The molecule has 1 amide bonds. The Labute approximate surface area is 175 Å². The average molecular weight is 418 g/mol. The molecule has 0 aliphatic rings. The third kappa shape index (κ3) is 3.90. The molecule has 156 valence electrons. The molecule has 0 bridgehead atoms. The SMILES string of the molecule is Cc1ccc(-n2ncc3c(=O)n(CC(=O)Nc4cccc([N+](=O)[O-])c4)cnc32)cc1C. The van der Waals surface area contributed by atoms with Crippen LogP contribution < -0.4 is 10.9 Å². The van der Waals surface area contributed by atoms with Crippen molar-refractivity contribution in [3.8, 4) is 5.69 Å². The summed E-state index contributed by atoms with van der Waals surface area (Å²) in [7, 11) is 0. The Bertz CT molecular complexity index is 1390. The fraction of sp³-hybridized carbons (Fsp3) is 0.143. The van der Waals surface area contributed by atoms with Gasteiger partial charge in [-0.05, 0) is 43.2 Å². The number of nitrogens with one attached hydrogen (secondary N) is 1. The van der Waals surface area contributed by atoms with Gasteiger partial charge in [0.05, 0.1) is 16.8 Å². The number of rotatable bonds is 5. The number of hydrogen-bond acceptors (Lipinski definition) is 6. The first-order valence-electron chi connectivity index (χ1n) is 9.38. The molecular formula is C21H18N6O4. The Hall–Kier alpha value is -4.34. The number of benzene rings is 2. The molecule has 0 radical (unpaired) electrons. The molecule has 0 aliphatic heterocycles. The number of anilines is 1. The predicted molar refractivity (Wildman–Crippen MR) is 114 cm³/mol. The molecular weight excluding hydrogens is 400 g/mol. The summed E-state index contributed by atoms with van der Waals surface area (Å²) in [6, 6.07) is 11.4. The van der Waals surface area contributed by atoms with E-state index in [1.807, 2.05) is 32.0 Å². The highest BCUT2D eigenvalue weighted by molar-refractivity contribution is 5.91. The average Bonchev–Trinajstić information content (AvgIpc) is 3.17. The summed E-state index contributed by atoms with van der Waals surface area (Å²) in [4.78, 5) is 39.8. The van der Waals surface area contributed by atoms with E-state index in [4.69, 9.17) is 0 Å². The maximum absolute atomic E-state index is 12.8. The van der Waals surface area contributed by atoms with Gasteiger partial charge >= 0.3 is 0 Å². The summed E-state index contributed by atoms with van der Waals surface area (Å²) in [5.74, 6) is -0.509. The van der Waals surface area contributed by atoms with Crippen LogP contribution in [0.1, 0.15) is 11.1 Å². The number of non-ortho nitro benzene ring substituents is 1. The van der Waals surface area contributed by atoms with E-state index in [-0.39, 0.29) is 23.3 Å². The van der Waals surface area contributed by atoms with Crippen LogP contribution in [0, 0.1) is 24.0 Å². The Balaban J connectivity index is 1.59. The number of aryl methyl sites for hydroxylation is 2. The summed E-state index contributed by atoms with van der Waals surface area (Å²) in [5.41, 5.74) is 3.13. The van der Waals surface area contributed by atoms with E-state index in [0.717, 1.165) is 16.8 Å². The van der Waals surface area contributed by atoms with Crippen molar-refractivity contribution in [2.45, 2.75) is 20.4 Å². The monoisotopic (exact) mass is 418 g/mol. The van der Waals surface area contributed by atoms with Crippen LogP contribution in [0.4, 0.5) is 11.4 Å². The van der Waals surface area contributed by atoms with Crippen LogP contribution in [-0.2, 0) is 11.3 Å². The minimum absolute atomic E-state index is 0.142. The molecule has 0 atom stereocenters. The van der Waals surface area contributed by atoms with Crippen molar-refractivity contribution in [2.75, 3.05) is 5.32 Å². The number of hydrogen-bond donors (Lipinski definition) is 1. The van der Waals surface area contributed by atoms with E-state index >= 15 is 0 Å². The van der Waals surface area contributed by atoms with Gasteiger partial charge < -0.3 is 5.32 Å². The van der Waals surface area contributed by atoms with Gasteiger partial charge in [-0.25, -0.2) is 9.67 Å². The smallest absolute Gasteiger partial charge is 0.271 e. The van der Waals surface area contributed by atoms with Crippen LogP contribution in [-0.4, -0.2) is 30.2 Å². The van der Waals surface area contributed by atoms with Crippen LogP contribution in [0.25, 0.3) is 16.7 Å². The Morgan fingerprint density at radius 2 is 1.97 bits per heavy atom. The standard InChI is InChI=1S/C21H18N6O4/c1-13-6-7-16(8-14(13)2)26-20-18(10-23-26)21(29)25(12-22-20)11-19(28)24-15-4-3-5-17(9-15)27(30)31/h3-10,12H,11H2,1-2H3,(H,24,28). The van der Waals surface area contributed by atoms with Crippen molar-refractivity contribution >= 4 is 28.3 Å². The van der Waals surface area contributed by atoms with Crippen molar-refractivity contribution in [2.24, 2.45) is 0 Å². The van der Waals surface area contributed by atoms with Crippen LogP contribution in [0.5, 0.6) is 0 Å². The normalized spacial score (nSPS) is 10.9. The molecule has 0 saturated heterocycles. The second-order valence-corrected chi connectivity index (χ2v) is 7.10. The van der Waals surface area contributed by atoms with Gasteiger partial charge in [0.1, 0.15) is 18.3 Å². The number of nitrogens with zero attached hydrogens (tertiary/aromatic N) is 5. The molecule has 10 nitrogen and oxygen atoms in total. The molecule has 31 heavy (non-hydrogen) atoms. The fourth-order valence-corrected chi connectivity index (χ4v) is 3.16. The van der Waals surface area contributed by atoms with E-state index in [2.05, 4.69) is 15.4 Å². The molecule has 0 spiro atoms. The first kappa shape index (κ1) is 20.0. The fourth-order valence-electron chi connectivity index (χ4n) is 3.16. The minimum Gasteiger partial charge on any atom is -0.324 e. The van der Waals surface area contributed by atoms with Gasteiger partial charge in [0, 0.05) is 17.8 Å². The van der Waals surface area contributed by atoms with Gasteiger partial charge in [0.15, 0.2) is 5.65 Å². The summed E-state index contributed by atoms with van der Waals surface area (Å²) < 4.78 is 2.75. The van der Waals surface area contributed by atoms with E-state index in [0.29, 0.717) is 5.65 Å². The third-order valence-electron chi connectivity index (χ3n) is 4.94. The molecule has 0 fully saturated rings. The lowest BCUT2D eigenvalue weighted by atomic mass is 10.1. The van der Waals surface area contributed by atoms with Gasteiger partial charge in [-0.1, -0.05) is 12.1 Å². The van der Waals surface area contributed by atoms with Crippen molar-refractivity contribution < 1.29 is 9.72 Å². The molecule has 4 rings (SSSR count). The van der Waals surface area contributed by atoms with E-state index in [1.54, 1.807) is 4.68 Å². The van der Waals surface area contributed by atoms with E-state index in [1.165, 1.54) is 41.4 Å². The molecule has 0 aliphatic carbocycles. The maximum Gasteiger partial charge on any atom is 0.271 e. The predicted octanol–water partition coefficient (Wildman–Crippen LogP) is 2.75. The van der Waals surface area contributed by atoms with Crippen LogP contribution in [0.2, 0.25) is 0 Å². The van der Waals surface area contributed by atoms with Gasteiger partial charge in [0.25, 0.3) is 11.2 Å². The second-order valence-electron chi connectivity index (χ2n) is 7.10. The number of amides is 1. The van der Waals surface area contributed by atoms with Crippen molar-refractivity contribution in [1.29, 1.82) is 0 Å². The zero-order valence-electron chi connectivity index (χ0n) is 16.8. The second kappa shape index (κ2) is 7.82. The quantitative estimate of drug-likeness (QED) is 0.392. The Morgan fingerprint density at radius 1 is 1.16 bits per heavy atom. The number of carbonyl (C=O) groups is 1. The highest BCUT2D eigenvalue weighted by atomic mass is 16.6. The largest absolute Gasteiger partial charge is 0.324 e. The Kier molecular flexibility index (Phi) is 5.04. The lowest BCUT2D eigenvalue weighted by molar-refractivity contribution is -0.384. The number of nitro benzene ring substituents is 1. The molecule has 1 N–H and O–H groups in total. The first-order valence-corrected chi connectivity index (χ1v) is 9.38. The van der Waals surface area contributed by atoms with Gasteiger partial charge in [0.2, 0.25) is 5.91 Å². The van der Waals surface area contributed by atoms with Crippen molar-refractivity contribution in [3.63, 3.8) is 0 Å². The highest BCUT2D eigenvalue weighted by Gasteiger charge is 2.14. The van der Waals surface area contributed by atoms with Crippen LogP contribution in [0.15, 0.2) is 59.8 Å². The summed E-state index contributed by atoms with van der Waals surface area (Å²) in [6.45, 7) is 3.71. The van der Waals surface area contributed by atoms with Crippen molar-refractivity contribution in [3.05, 3.63) is 86.6 Å². The zero-order chi connectivity index (χ0) is 22.1. The minimum atomic E-state index is -0.550. The molecule has 10 heteroatoms.